The van der Waals surface area contributed by atoms with Crippen LogP contribution in [0.15, 0.2) is 0 Å². The molecular weight excluding hydrogens is 429 g/mol. The van der Waals surface area contributed by atoms with Gasteiger partial charge in [0.25, 0.3) is 0 Å². The zero-order valence-electron chi connectivity index (χ0n) is 25.3. The van der Waals surface area contributed by atoms with Crippen LogP contribution in [0.25, 0.3) is 0 Å². The minimum atomic E-state index is -0.838. The minimum Gasteiger partial charge on any atom is -0.295 e. The predicted molar refractivity (Wildman–Crippen MR) is 163 cm³/mol. The van der Waals surface area contributed by atoms with Crippen molar-refractivity contribution in [1.29, 1.82) is 0 Å². The van der Waals surface area contributed by atoms with E-state index in [4.69, 9.17) is 0 Å². The molecule has 0 spiro atoms. The maximum atomic E-state index is 2.79. The summed E-state index contributed by atoms with van der Waals surface area (Å²) in [5.41, 5.74) is 0. The second-order valence-corrected chi connectivity index (χ2v) is 16.4. The van der Waals surface area contributed by atoms with E-state index in [2.05, 4.69) is 53.4 Å². The Morgan fingerprint density at radius 1 is 0.412 bits per heavy atom. The molecule has 0 aliphatic heterocycles. The topological polar surface area (TPSA) is 3.24 Å². The molecular formula is C32H69NP+. The van der Waals surface area contributed by atoms with Gasteiger partial charge in [0.05, 0.1) is 24.6 Å². The maximum Gasteiger partial charge on any atom is 0.0721 e. The van der Waals surface area contributed by atoms with Crippen LogP contribution >= 0.6 is 7.26 Å². The monoisotopic (exact) mass is 499 g/mol. The standard InChI is InChI=1S/C32H69NP/c1-8-11-14-17-20-23-27-34(28-24-21-18-15-12-9-2,29-25-22-19-16-13-10-3)30-26-33(31(4)5)32(6)7/h31-32H,8-30H2,1-7H3/q+1. The van der Waals surface area contributed by atoms with Gasteiger partial charge in [-0.15, -0.1) is 0 Å². The van der Waals surface area contributed by atoms with Crippen LogP contribution in [0.4, 0.5) is 0 Å². The molecule has 0 heterocycles. The first-order valence-electron chi connectivity index (χ1n) is 16.0. The van der Waals surface area contributed by atoms with Crippen LogP contribution in [0.5, 0.6) is 0 Å². The van der Waals surface area contributed by atoms with Crippen molar-refractivity contribution in [2.45, 2.75) is 176 Å². The average molecular weight is 499 g/mol. The number of hydrogen-bond acceptors (Lipinski definition) is 1. The fourth-order valence-electron chi connectivity index (χ4n) is 5.79. The van der Waals surface area contributed by atoms with Crippen LogP contribution in [0.3, 0.4) is 0 Å². The molecule has 0 radical (unpaired) electrons. The number of hydrogen-bond donors (Lipinski definition) is 0. The Morgan fingerprint density at radius 3 is 1.00 bits per heavy atom. The molecule has 0 aromatic carbocycles. The van der Waals surface area contributed by atoms with Gasteiger partial charge in [-0.1, -0.05) is 97.8 Å². The van der Waals surface area contributed by atoms with Crippen LogP contribution in [-0.4, -0.2) is 48.2 Å². The molecule has 0 saturated heterocycles. The Hall–Kier alpha value is 0.390. The van der Waals surface area contributed by atoms with Gasteiger partial charge in [-0.25, -0.2) is 0 Å². The van der Waals surface area contributed by atoms with E-state index in [0.29, 0.717) is 12.1 Å². The highest BCUT2D eigenvalue weighted by Gasteiger charge is 2.36. The summed E-state index contributed by atoms with van der Waals surface area (Å²) in [4.78, 5) is 2.79. The molecule has 0 aromatic rings. The number of rotatable bonds is 26. The Morgan fingerprint density at radius 2 is 0.706 bits per heavy atom. The highest BCUT2D eigenvalue weighted by atomic mass is 31.2. The number of unbranched alkanes of at least 4 members (excludes halogenated alkanes) is 15. The lowest BCUT2D eigenvalue weighted by Crippen LogP contribution is -2.39. The lowest BCUT2D eigenvalue weighted by atomic mass is 10.1. The molecule has 0 rings (SSSR count). The van der Waals surface area contributed by atoms with Crippen LogP contribution in [-0.2, 0) is 0 Å². The van der Waals surface area contributed by atoms with Crippen molar-refractivity contribution >= 4 is 7.26 Å². The Balaban J connectivity index is 5.11. The maximum absolute atomic E-state index is 2.79. The molecule has 0 fully saturated rings. The molecule has 34 heavy (non-hydrogen) atoms. The summed E-state index contributed by atoms with van der Waals surface area (Å²) >= 11 is 0. The van der Waals surface area contributed by atoms with E-state index in [0.717, 1.165) is 0 Å². The summed E-state index contributed by atoms with van der Waals surface area (Å²) in [6.45, 7) is 18.0. The average Bonchev–Trinajstić information content (AvgIpc) is 2.80. The molecule has 206 valence electrons. The third kappa shape index (κ3) is 18.6. The van der Waals surface area contributed by atoms with Gasteiger partial charge >= 0.3 is 0 Å². The van der Waals surface area contributed by atoms with Crippen molar-refractivity contribution in [2.75, 3.05) is 31.2 Å². The second-order valence-electron chi connectivity index (χ2n) is 12.0. The molecule has 0 aliphatic carbocycles. The largest absolute Gasteiger partial charge is 0.295 e. The molecule has 0 unspecified atom stereocenters. The Bertz CT molecular complexity index is 357. The fraction of sp³-hybridized carbons (Fsp3) is 1.00. The van der Waals surface area contributed by atoms with E-state index in [1.54, 1.807) is 24.6 Å². The highest BCUT2D eigenvalue weighted by Crippen LogP contribution is 2.61. The second kappa shape index (κ2) is 23.8. The SMILES string of the molecule is CCCCCCCC[P+](CCCCCCCC)(CCCCCCCC)CCN(C(C)C)C(C)C. The van der Waals surface area contributed by atoms with Gasteiger partial charge in [-0.3, -0.25) is 4.90 Å². The normalized spacial score (nSPS) is 12.5. The van der Waals surface area contributed by atoms with Crippen molar-refractivity contribution in [2.24, 2.45) is 0 Å². The predicted octanol–water partition coefficient (Wildman–Crippen LogP) is 11.2. The lowest BCUT2D eigenvalue weighted by Gasteiger charge is -2.35. The first kappa shape index (κ1) is 34.4. The summed E-state index contributed by atoms with van der Waals surface area (Å²) in [6.07, 6.45) is 32.6. The van der Waals surface area contributed by atoms with Crippen LogP contribution in [0.2, 0.25) is 0 Å². The van der Waals surface area contributed by atoms with Gasteiger partial charge in [0, 0.05) is 25.9 Å². The van der Waals surface area contributed by atoms with E-state index in [-0.39, 0.29) is 0 Å². The van der Waals surface area contributed by atoms with Crippen molar-refractivity contribution in [3.63, 3.8) is 0 Å². The van der Waals surface area contributed by atoms with Crippen LogP contribution in [0, 0.1) is 0 Å². The van der Waals surface area contributed by atoms with Crippen molar-refractivity contribution in [1.82, 2.24) is 4.90 Å². The molecule has 0 atom stereocenters. The molecule has 0 N–H and O–H groups in total. The van der Waals surface area contributed by atoms with E-state index in [9.17, 15) is 0 Å². The van der Waals surface area contributed by atoms with Gasteiger partial charge in [-0.05, 0) is 66.2 Å². The van der Waals surface area contributed by atoms with E-state index < -0.39 is 7.26 Å². The quantitative estimate of drug-likeness (QED) is 0.0846. The summed E-state index contributed by atoms with van der Waals surface area (Å²) < 4.78 is 0. The zero-order chi connectivity index (χ0) is 25.5. The summed E-state index contributed by atoms with van der Waals surface area (Å²) in [5.74, 6) is 0. The van der Waals surface area contributed by atoms with E-state index in [1.165, 1.54) is 122 Å². The smallest absolute Gasteiger partial charge is 0.0721 e. The molecule has 0 aliphatic rings. The molecule has 2 heteroatoms. The highest BCUT2D eigenvalue weighted by molar-refractivity contribution is 7.75. The van der Waals surface area contributed by atoms with Crippen molar-refractivity contribution in [3.8, 4) is 0 Å². The van der Waals surface area contributed by atoms with Gasteiger partial charge < -0.3 is 0 Å². The molecule has 0 bridgehead atoms. The third-order valence-electron chi connectivity index (χ3n) is 8.12. The number of nitrogens with zero attached hydrogens (tertiary/aromatic N) is 1. The summed E-state index contributed by atoms with van der Waals surface area (Å²) in [6, 6.07) is 1.36. The minimum absolute atomic E-state index is 0.680. The third-order valence-corrected chi connectivity index (χ3v) is 13.1. The molecule has 0 saturated carbocycles. The first-order valence-corrected chi connectivity index (χ1v) is 18.6. The lowest BCUT2D eigenvalue weighted by molar-refractivity contribution is 0.186. The van der Waals surface area contributed by atoms with Crippen molar-refractivity contribution in [3.05, 3.63) is 0 Å². The molecule has 1 nitrogen and oxygen atoms in total. The van der Waals surface area contributed by atoms with E-state index >= 15 is 0 Å². The van der Waals surface area contributed by atoms with Gasteiger partial charge in [0.1, 0.15) is 0 Å². The molecule has 0 aromatic heterocycles. The van der Waals surface area contributed by atoms with Crippen LogP contribution < -0.4 is 0 Å². The van der Waals surface area contributed by atoms with Crippen LogP contribution in [0.1, 0.15) is 164 Å². The zero-order valence-corrected chi connectivity index (χ0v) is 26.2. The molecule has 0 amide bonds. The fourth-order valence-corrected chi connectivity index (χ4v) is 10.5. The first-order chi connectivity index (χ1) is 16.4. The van der Waals surface area contributed by atoms with Crippen molar-refractivity contribution < 1.29 is 0 Å². The van der Waals surface area contributed by atoms with Gasteiger partial charge in [0.15, 0.2) is 0 Å². The Labute approximate surface area is 219 Å². The summed E-state index contributed by atoms with van der Waals surface area (Å²) in [5, 5.41) is 0. The Kier molecular flexibility index (Phi) is 24.0. The van der Waals surface area contributed by atoms with Gasteiger partial charge in [0.2, 0.25) is 0 Å². The van der Waals surface area contributed by atoms with E-state index in [1.807, 2.05) is 0 Å². The van der Waals surface area contributed by atoms with Gasteiger partial charge in [-0.2, -0.15) is 0 Å². The summed E-state index contributed by atoms with van der Waals surface area (Å²) in [7, 11) is -0.838.